The van der Waals surface area contributed by atoms with Gasteiger partial charge in [-0.3, -0.25) is 0 Å². The van der Waals surface area contributed by atoms with Crippen molar-refractivity contribution in [2.75, 3.05) is 19.8 Å². The van der Waals surface area contributed by atoms with Gasteiger partial charge in [-0.05, 0) is 19.3 Å². The van der Waals surface area contributed by atoms with E-state index in [4.69, 9.17) is 18.0 Å². The van der Waals surface area contributed by atoms with E-state index in [1.54, 1.807) is 0 Å². The highest BCUT2D eigenvalue weighted by molar-refractivity contribution is 5.79. The summed E-state index contributed by atoms with van der Waals surface area (Å²) in [6.45, 7) is -0.0459. The van der Waals surface area contributed by atoms with Crippen molar-refractivity contribution < 1.29 is 29.0 Å². The number of terminal acetylenes is 2. The number of alkyl carbamates (subject to hydrolysis) is 2. The largest absolute Gasteiger partial charge is 0.480 e. The maximum absolute atomic E-state index is 11.2. The first-order chi connectivity index (χ1) is 10.5. The summed E-state index contributed by atoms with van der Waals surface area (Å²) >= 11 is 0. The predicted octanol–water partition coefficient (Wildman–Crippen LogP) is 0.329. The van der Waals surface area contributed by atoms with E-state index in [9.17, 15) is 14.4 Å². The molecule has 8 heteroatoms. The molecule has 0 fully saturated rings. The number of nitrogens with one attached hydrogen (secondary N) is 2. The lowest BCUT2D eigenvalue weighted by Crippen LogP contribution is -2.41. The SMILES string of the molecule is C#CCOC(=O)NCCCCC(NC(=O)OCC#C)C(=O)O. The van der Waals surface area contributed by atoms with E-state index in [2.05, 4.69) is 31.9 Å². The molecule has 0 rings (SSSR count). The summed E-state index contributed by atoms with van der Waals surface area (Å²) in [6.07, 6.45) is 9.46. The molecule has 0 heterocycles. The highest BCUT2D eigenvalue weighted by Crippen LogP contribution is 2.01. The number of unbranched alkanes of at least 4 members (excludes halogenated alkanes) is 1. The van der Waals surface area contributed by atoms with Gasteiger partial charge in [0.1, 0.15) is 6.04 Å². The van der Waals surface area contributed by atoms with Gasteiger partial charge in [0.15, 0.2) is 13.2 Å². The Balaban J connectivity index is 3.90. The lowest BCUT2D eigenvalue weighted by molar-refractivity contribution is -0.139. The van der Waals surface area contributed by atoms with Crippen LogP contribution in [0.4, 0.5) is 9.59 Å². The van der Waals surface area contributed by atoms with Crippen LogP contribution in [0.3, 0.4) is 0 Å². The van der Waals surface area contributed by atoms with Crippen LogP contribution < -0.4 is 10.6 Å². The molecule has 0 spiro atoms. The van der Waals surface area contributed by atoms with Crippen molar-refractivity contribution in [1.82, 2.24) is 10.6 Å². The van der Waals surface area contributed by atoms with Gasteiger partial charge in [-0.25, -0.2) is 14.4 Å². The van der Waals surface area contributed by atoms with Crippen molar-refractivity contribution in [3.63, 3.8) is 0 Å². The van der Waals surface area contributed by atoms with E-state index in [0.717, 1.165) is 0 Å². The number of carboxylic acid groups (broad SMARTS) is 1. The van der Waals surface area contributed by atoms with E-state index in [-0.39, 0.29) is 19.6 Å². The van der Waals surface area contributed by atoms with E-state index >= 15 is 0 Å². The maximum Gasteiger partial charge on any atom is 0.408 e. The van der Waals surface area contributed by atoms with Crippen molar-refractivity contribution in [3.05, 3.63) is 0 Å². The van der Waals surface area contributed by atoms with Crippen molar-refractivity contribution in [1.29, 1.82) is 0 Å². The third kappa shape index (κ3) is 9.98. The first kappa shape index (κ1) is 19.1. The molecule has 22 heavy (non-hydrogen) atoms. The molecule has 0 aliphatic rings. The summed E-state index contributed by atoms with van der Waals surface area (Å²) in [5.41, 5.74) is 0. The average molecular weight is 310 g/mol. The molecule has 0 aromatic carbocycles. The van der Waals surface area contributed by atoms with Gasteiger partial charge in [-0.2, -0.15) is 0 Å². The van der Waals surface area contributed by atoms with Crippen molar-refractivity contribution in [3.8, 4) is 24.7 Å². The van der Waals surface area contributed by atoms with Crippen LogP contribution in [0, 0.1) is 24.7 Å². The number of rotatable bonds is 9. The van der Waals surface area contributed by atoms with E-state index in [1.165, 1.54) is 0 Å². The smallest absolute Gasteiger partial charge is 0.408 e. The fourth-order valence-corrected chi connectivity index (χ4v) is 1.37. The number of carboxylic acids is 1. The zero-order valence-corrected chi connectivity index (χ0v) is 12.0. The molecular weight excluding hydrogens is 292 g/mol. The molecule has 0 bridgehead atoms. The van der Waals surface area contributed by atoms with Gasteiger partial charge in [0.05, 0.1) is 0 Å². The zero-order chi connectivity index (χ0) is 16.8. The monoisotopic (exact) mass is 310 g/mol. The molecule has 0 aromatic rings. The van der Waals surface area contributed by atoms with Crippen LogP contribution in [-0.2, 0) is 14.3 Å². The van der Waals surface area contributed by atoms with Crippen LogP contribution in [0.15, 0.2) is 0 Å². The molecule has 8 nitrogen and oxygen atoms in total. The van der Waals surface area contributed by atoms with E-state index in [1.807, 2.05) is 0 Å². The number of hydrogen-bond acceptors (Lipinski definition) is 5. The highest BCUT2D eigenvalue weighted by Gasteiger charge is 2.19. The molecule has 0 saturated heterocycles. The molecule has 1 atom stereocenters. The first-order valence-electron chi connectivity index (χ1n) is 6.45. The predicted molar refractivity (Wildman–Crippen MR) is 76.8 cm³/mol. The number of carbonyl (C=O) groups is 3. The molecule has 1 unspecified atom stereocenters. The van der Waals surface area contributed by atoms with Crippen LogP contribution in [0.5, 0.6) is 0 Å². The Kier molecular flexibility index (Phi) is 10.4. The third-order valence-corrected chi connectivity index (χ3v) is 2.35. The Morgan fingerprint density at radius 1 is 1.05 bits per heavy atom. The zero-order valence-electron chi connectivity index (χ0n) is 12.0. The summed E-state index contributed by atoms with van der Waals surface area (Å²) in [6, 6.07) is -1.08. The number of amides is 2. The van der Waals surface area contributed by atoms with Crippen molar-refractivity contribution in [2.24, 2.45) is 0 Å². The molecule has 2 amide bonds. The molecule has 3 N–H and O–H groups in total. The van der Waals surface area contributed by atoms with Crippen LogP contribution in [0.2, 0.25) is 0 Å². The summed E-state index contributed by atoms with van der Waals surface area (Å²) in [5.74, 6) is 3.06. The normalized spacial score (nSPS) is 10.5. The Morgan fingerprint density at radius 2 is 1.64 bits per heavy atom. The third-order valence-electron chi connectivity index (χ3n) is 2.35. The number of hydrogen-bond donors (Lipinski definition) is 3. The number of carbonyl (C=O) groups excluding carboxylic acids is 2. The topological polar surface area (TPSA) is 114 Å². The Morgan fingerprint density at radius 3 is 2.18 bits per heavy atom. The minimum absolute atomic E-state index is 0.114. The van der Waals surface area contributed by atoms with Gasteiger partial charge in [0, 0.05) is 6.54 Å². The quantitative estimate of drug-likeness (QED) is 0.418. The minimum atomic E-state index is -1.18. The second-order valence-corrected chi connectivity index (χ2v) is 4.02. The van der Waals surface area contributed by atoms with Crippen LogP contribution in [-0.4, -0.2) is 49.1 Å². The Hall–Kier alpha value is -2.87. The lowest BCUT2D eigenvalue weighted by atomic mass is 10.1. The molecule has 0 saturated carbocycles. The molecule has 0 aliphatic heterocycles. The summed E-state index contributed by atoms with van der Waals surface area (Å²) in [5, 5.41) is 13.6. The molecule has 0 aliphatic carbocycles. The summed E-state index contributed by atoms with van der Waals surface area (Å²) in [7, 11) is 0. The average Bonchev–Trinajstić information content (AvgIpc) is 2.49. The van der Waals surface area contributed by atoms with Crippen molar-refractivity contribution >= 4 is 18.2 Å². The van der Waals surface area contributed by atoms with Gasteiger partial charge >= 0.3 is 18.2 Å². The van der Waals surface area contributed by atoms with Gasteiger partial charge < -0.3 is 25.2 Å². The minimum Gasteiger partial charge on any atom is -0.480 e. The summed E-state index contributed by atoms with van der Waals surface area (Å²) < 4.78 is 9.11. The van der Waals surface area contributed by atoms with Crippen molar-refractivity contribution in [2.45, 2.75) is 25.3 Å². The second kappa shape index (κ2) is 11.9. The van der Waals surface area contributed by atoms with Crippen LogP contribution >= 0.6 is 0 Å². The van der Waals surface area contributed by atoms with E-state index in [0.29, 0.717) is 19.4 Å². The van der Waals surface area contributed by atoms with Gasteiger partial charge in [-0.1, -0.05) is 11.8 Å². The Labute approximate surface area is 128 Å². The molecular formula is C14H18N2O6. The molecule has 120 valence electrons. The summed E-state index contributed by atoms with van der Waals surface area (Å²) in [4.78, 5) is 33.2. The maximum atomic E-state index is 11.2. The molecule has 0 aromatic heterocycles. The fourth-order valence-electron chi connectivity index (χ4n) is 1.37. The lowest BCUT2D eigenvalue weighted by Gasteiger charge is -2.13. The standard InChI is InChI=1S/C14H18N2O6/c1-3-9-21-13(19)15-8-6-5-7-11(12(17)18)16-14(20)22-10-4-2/h1-2,11H,5-10H2,(H,15,19)(H,16,20)(H,17,18). The second-order valence-electron chi connectivity index (χ2n) is 4.02. The Bertz CT molecular complexity index is 463. The van der Waals surface area contributed by atoms with E-state index < -0.39 is 24.2 Å². The van der Waals surface area contributed by atoms with Crippen LogP contribution in [0.1, 0.15) is 19.3 Å². The van der Waals surface area contributed by atoms with Gasteiger partial charge in [0.2, 0.25) is 0 Å². The van der Waals surface area contributed by atoms with Gasteiger partial charge in [0.25, 0.3) is 0 Å². The highest BCUT2D eigenvalue weighted by atomic mass is 16.6. The van der Waals surface area contributed by atoms with Crippen LogP contribution in [0.25, 0.3) is 0 Å². The van der Waals surface area contributed by atoms with Gasteiger partial charge in [-0.15, -0.1) is 12.8 Å². The number of aliphatic carboxylic acids is 1. The first-order valence-corrected chi connectivity index (χ1v) is 6.45. The number of ether oxygens (including phenoxy) is 2. The fraction of sp³-hybridized carbons (Fsp3) is 0.500. The molecule has 0 radical (unpaired) electrons.